The van der Waals surface area contributed by atoms with E-state index in [1.807, 2.05) is 30.3 Å². The van der Waals surface area contributed by atoms with Crippen molar-refractivity contribution in [3.05, 3.63) is 66.1 Å². The van der Waals surface area contributed by atoms with Crippen LogP contribution in [0.2, 0.25) is 0 Å². The summed E-state index contributed by atoms with van der Waals surface area (Å²) >= 11 is 0. The standard InChI is InChI=1S/C21H19N3O4/c1-14(19-22-23-20(28-19)15-6-3-2-4-7-15)27-21(26)16-9-11-17(12-10-16)24-13-5-8-18(24)25/h2-4,6-7,9-12,14H,5,8,13H2,1H3/t14-/m0/s1. The van der Waals surface area contributed by atoms with Crippen LogP contribution >= 0.6 is 0 Å². The molecule has 7 heteroatoms. The summed E-state index contributed by atoms with van der Waals surface area (Å²) in [5.41, 5.74) is 1.98. The van der Waals surface area contributed by atoms with Crippen molar-refractivity contribution < 1.29 is 18.7 Å². The summed E-state index contributed by atoms with van der Waals surface area (Å²) in [6, 6.07) is 16.2. The Bertz CT molecular complexity index is 982. The molecule has 1 aliphatic heterocycles. The lowest BCUT2D eigenvalue weighted by Gasteiger charge is -2.16. The number of anilines is 1. The van der Waals surface area contributed by atoms with Crippen LogP contribution in [0.3, 0.4) is 0 Å². The zero-order valence-electron chi connectivity index (χ0n) is 15.4. The van der Waals surface area contributed by atoms with Crippen LogP contribution in [0.1, 0.15) is 42.1 Å². The van der Waals surface area contributed by atoms with Crippen molar-refractivity contribution in [3.8, 4) is 11.5 Å². The molecule has 0 bridgehead atoms. The Balaban J connectivity index is 1.42. The number of hydrogen-bond acceptors (Lipinski definition) is 6. The Kier molecular flexibility index (Phi) is 4.89. The van der Waals surface area contributed by atoms with Gasteiger partial charge in [0.15, 0.2) is 6.10 Å². The molecule has 28 heavy (non-hydrogen) atoms. The number of benzene rings is 2. The Morgan fingerprint density at radius 1 is 1.11 bits per heavy atom. The van der Waals surface area contributed by atoms with Gasteiger partial charge in [-0.2, -0.15) is 0 Å². The molecule has 1 fully saturated rings. The van der Waals surface area contributed by atoms with E-state index in [2.05, 4.69) is 10.2 Å². The van der Waals surface area contributed by atoms with Crippen molar-refractivity contribution >= 4 is 17.6 Å². The maximum absolute atomic E-state index is 12.4. The zero-order chi connectivity index (χ0) is 19.5. The summed E-state index contributed by atoms with van der Waals surface area (Å²) in [6.07, 6.45) is 0.739. The van der Waals surface area contributed by atoms with Gasteiger partial charge in [0.2, 0.25) is 11.8 Å². The Hall–Kier alpha value is -3.48. The predicted molar refractivity (Wildman–Crippen MR) is 102 cm³/mol. The first kappa shape index (κ1) is 17.9. The minimum Gasteiger partial charge on any atom is -0.449 e. The zero-order valence-corrected chi connectivity index (χ0v) is 15.4. The van der Waals surface area contributed by atoms with Crippen molar-refractivity contribution in [3.63, 3.8) is 0 Å². The van der Waals surface area contributed by atoms with Gasteiger partial charge < -0.3 is 14.1 Å². The van der Waals surface area contributed by atoms with Gasteiger partial charge in [-0.3, -0.25) is 4.79 Å². The van der Waals surface area contributed by atoms with Gasteiger partial charge in [0.25, 0.3) is 5.89 Å². The van der Waals surface area contributed by atoms with Crippen LogP contribution in [0.4, 0.5) is 5.69 Å². The lowest BCUT2D eigenvalue weighted by Crippen LogP contribution is -2.23. The van der Waals surface area contributed by atoms with Crippen LogP contribution in [-0.4, -0.2) is 28.6 Å². The van der Waals surface area contributed by atoms with Gasteiger partial charge in [0.05, 0.1) is 5.56 Å². The number of carbonyl (C=O) groups excluding carboxylic acids is 2. The highest BCUT2D eigenvalue weighted by Crippen LogP contribution is 2.24. The van der Waals surface area contributed by atoms with E-state index in [9.17, 15) is 9.59 Å². The predicted octanol–water partition coefficient (Wildman–Crippen LogP) is 3.78. The van der Waals surface area contributed by atoms with Gasteiger partial charge >= 0.3 is 5.97 Å². The summed E-state index contributed by atoms with van der Waals surface area (Å²) in [7, 11) is 0. The smallest absolute Gasteiger partial charge is 0.338 e. The quantitative estimate of drug-likeness (QED) is 0.629. The SMILES string of the molecule is C[C@H](OC(=O)c1ccc(N2CCCC2=O)cc1)c1nnc(-c2ccccc2)o1. The molecule has 0 aliphatic carbocycles. The van der Waals surface area contributed by atoms with E-state index in [1.165, 1.54) is 0 Å². The maximum atomic E-state index is 12.4. The third-order valence-corrected chi connectivity index (χ3v) is 4.58. The second kappa shape index (κ2) is 7.64. The van der Waals surface area contributed by atoms with Crippen LogP contribution < -0.4 is 4.90 Å². The van der Waals surface area contributed by atoms with E-state index < -0.39 is 12.1 Å². The number of carbonyl (C=O) groups is 2. The molecule has 3 aromatic rings. The fourth-order valence-electron chi connectivity index (χ4n) is 3.07. The van der Waals surface area contributed by atoms with Crippen molar-refractivity contribution in [2.24, 2.45) is 0 Å². The van der Waals surface area contributed by atoms with Crippen molar-refractivity contribution in [2.45, 2.75) is 25.9 Å². The molecule has 4 rings (SSSR count). The van der Waals surface area contributed by atoms with E-state index in [0.717, 1.165) is 17.7 Å². The third-order valence-electron chi connectivity index (χ3n) is 4.58. The molecule has 142 valence electrons. The van der Waals surface area contributed by atoms with Gasteiger partial charge in [0.1, 0.15) is 0 Å². The first-order chi connectivity index (χ1) is 13.6. The molecular weight excluding hydrogens is 358 g/mol. The molecule has 0 N–H and O–H groups in total. The average molecular weight is 377 g/mol. The first-order valence-corrected chi connectivity index (χ1v) is 9.12. The number of esters is 1. The normalized spacial score (nSPS) is 14.9. The lowest BCUT2D eigenvalue weighted by molar-refractivity contribution is -0.117. The maximum Gasteiger partial charge on any atom is 0.338 e. The number of nitrogens with zero attached hydrogens (tertiary/aromatic N) is 3. The largest absolute Gasteiger partial charge is 0.449 e. The fourth-order valence-corrected chi connectivity index (χ4v) is 3.07. The van der Waals surface area contributed by atoms with Gasteiger partial charge in [0, 0.05) is 24.2 Å². The summed E-state index contributed by atoms with van der Waals surface area (Å²) in [5.74, 6) is 0.213. The van der Waals surface area contributed by atoms with Crippen molar-refractivity contribution in [1.82, 2.24) is 10.2 Å². The van der Waals surface area contributed by atoms with Crippen molar-refractivity contribution in [1.29, 1.82) is 0 Å². The minimum atomic E-state index is -0.683. The highest BCUT2D eigenvalue weighted by Gasteiger charge is 2.23. The van der Waals surface area contributed by atoms with E-state index in [4.69, 9.17) is 9.15 Å². The van der Waals surface area contributed by atoms with Gasteiger partial charge in [-0.05, 0) is 49.7 Å². The highest BCUT2D eigenvalue weighted by molar-refractivity contribution is 5.96. The Labute approximate surface area is 161 Å². The second-order valence-electron chi connectivity index (χ2n) is 6.55. The van der Waals surface area contributed by atoms with Crippen LogP contribution in [0.5, 0.6) is 0 Å². The number of ether oxygens (including phenoxy) is 1. The third kappa shape index (κ3) is 3.64. The van der Waals surface area contributed by atoms with Crippen LogP contribution in [0.25, 0.3) is 11.5 Å². The summed E-state index contributed by atoms with van der Waals surface area (Å²) < 4.78 is 11.1. The fraction of sp³-hybridized carbons (Fsp3) is 0.238. The van der Waals surface area contributed by atoms with Gasteiger partial charge in [-0.15, -0.1) is 10.2 Å². The lowest BCUT2D eigenvalue weighted by atomic mass is 10.2. The van der Waals surface area contributed by atoms with E-state index in [1.54, 1.807) is 36.1 Å². The minimum absolute atomic E-state index is 0.106. The molecule has 0 unspecified atom stereocenters. The molecule has 1 aromatic heterocycles. The molecule has 0 radical (unpaired) electrons. The number of rotatable bonds is 5. The molecule has 0 spiro atoms. The Morgan fingerprint density at radius 3 is 2.54 bits per heavy atom. The van der Waals surface area contributed by atoms with Crippen LogP contribution in [0, 0.1) is 0 Å². The van der Waals surface area contributed by atoms with E-state index in [0.29, 0.717) is 24.4 Å². The molecule has 2 aromatic carbocycles. The van der Waals surface area contributed by atoms with Gasteiger partial charge in [-0.25, -0.2) is 4.79 Å². The average Bonchev–Trinajstić information content (AvgIpc) is 3.38. The topological polar surface area (TPSA) is 85.5 Å². The van der Waals surface area contributed by atoms with E-state index >= 15 is 0 Å². The molecule has 7 nitrogen and oxygen atoms in total. The highest BCUT2D eigenvalue weighted by atomic mass is 16.6. The second-order valence-corrected chi connectivity index (χ2v) is 6.55. The Morgan fingerprint density at radius 2 is 1.86 bits per heavy atom. The number of aromatic nitrogens is 2. The first-order valence-electron chi connectivity index (χ1n) is 9.12. The monoisotopic (exact) mass is 377 g/mol. The summed E-state index contributed by atoms with van der Waals surface area (Å²) in [4.78, 5) is 25.9. The molecule has 1 atom stereocenters. The number of amides is 1. The molecule has 1 amide bonds. The van der Waals surface area contributed by atoms with E-state index in [-0.39, 0.29) is 11.8 Å². The molecular formula is C21H19N3O4. The van der Waals surface area contributed by atoms with Crippen molar-refractivity contribution in [2.75, 3.05) is 11.4 Å². The van der Waals surface area contributed by atoms with Crippen LogP contribution in [0.15, 0.2) is 59.0 Å². The molecule has 1 saturated heterocycles. The molecule has 0 saturated carbocycles. The summed E-state index contributed by atoms with van der Waals surface area (Å²) in [5, 5.41) is 7.98. The summed E-state index contributed by atoms with van der Waals surface area (Å²) in [6.45, 7) is 2.39. The van der Waals surface area contributed by atoms with Gasteiger partial charge in [-0.1, -0.05) is 18.2 Å². The molecule has 1 aliphatic rings. The van der Waals surface area contributed by atoms with Crippen LogP contribution in [-0.2, 0) is 9.53 Å². The molecule has 2 heterocycles. The number of hydrogen-bond donors (Lipinski definition) is 0.